The van der Waals surface area contributed by atoms with E-state index in [1.54, 1.807) is 34.9 Å². The number of nitrogen functional groups attached to an aromatic ring is 1. The maximum Gasteiger partial charge on any atom is 0.305 e. The molecule has 0 aromatic heterocycles. The number of carboxylic acids is 1. The van der Waals surface area contributed by atoms with Gasteiger partial charge in [0, 0.05) is 28.2 Å². The highest BCUT2D eigenvalue weighted by Gasteiger charge is 2.30. The number of hydrogen-bond acceptors (Lipinski definition) is 4. The molecule has 0 saturated carbocycles. The number of benzene rings is 1. The summed E-state index contributed by atoms with van der Waals surface area (Å²) in [4.78, 5) is 25.1. The Morgan fingerprint density at radius 2 is 2.25 bits per heavy atom. The smallest absolute Gasteiger partial charge is 0.305 e. The molecule has 2 rings (SSSR count). The summed E-state index contributed by atoms with van der Waals surface area (Å²) in [5.74, 6) is 0.382. The van der Waals surface area contributed by atoms with E-state index >= 15 is 0 Å². The van der Waals surface area contributed by atoms with Crippen molar-refractivity contribution in [3.63, 3.8) is 0 Å². The lowest BCUT2D eigenvalue weighted by Crippen LogP contribution is -2.47. The summed E-state index contributed by atoms with van der Waals surface area (Å²) >= 11 is 4.97. The van der Waals surface area contributed by atoms with E-state index in [0.29, 0.717) is 23.5 Å². The lowest BCUT2D eigenvalue weighted by Gasteiger charge is -2.35. The molecule has 1 aromatic rings. The van der Waals surface area contributed by atoms with E-state index in [4.69, 9.17) is 10.8 Å². The van der Waals surface area contributed by atoms with Gasteiger partial charge in [0.15, 0.2) is 0 Å². The molecule has 7 heteroatoms. The van der Waals surface area contributed by atoms with E-state index in [0.717, 1.165) is 10.2 Å². The van der Waals surface area contributed by atoms with Gasteiger partial charge in [-0.1, -0.05) is 15.9 Å². The normalized spacial score (nSPS) is 18.9. The molecule has 1 amide bonds. The minimum absolute atomic E-state index is 0.0326. The summed E-state index contributed by atoms with van der Waals surface area (Å²) in [5.41, 5.74) is 6.70. The van der Waals surface area contributed by atoms with Crippen LogP contribution in [0.15, 0.2) is 22.7 Å². The van der Waals surface area contributed by atoms with Crippen LogP contribution in [0.1, 0.15) is 16.8 Å². The largest absolute Gasteiger partial charge is 0.481 e. The maximum absolute atomic E-state index is 12.6. The van der Waals surface area contributed by atoms with Crippen LogP contribution < -0.4 is 5.73 Å². The average molecular weight is 359 g/mol. The van der Waals surface area contributed by atoms with Gasteiger partial charge >= 0.3 is 5.97 Å². The summed E-state index contributed by atoms with van der Waals surface area (Å²) in [7, 11) is 0. The fraction of sp³-hybridized carbons (Fsp3) is 0.385. The van der Waals surface area contributed by atoms with E-state index in [1.807, 2.05) is 0 Å². The number of thioether (sulfide) groups is 1. The molecule has 5 nitrogen and oxygen atoms in total. The van der Waals surface area contributed by atoms with Crippen LogP contribution in [0.3, 0.4) is 0 Å². The van der Waals surface area contributed by atoms with Crippen LogP contribution in [0.5, 0.6) is 0 Å². The van der Waals surface area contributed by atoms with Gasteiger partial charge in [-0.3, -0.25) is 9.59 Å². The van der Waals surface area contributed by atoms with Crippen molar-refractivity contribution < 1.29 is 14.7 Å². The summed E-state index contributed by atoms with van der Waals surface area (Å²) in [6.45, 7) is 0.553. The van der Waals surface area contributed by atoms with Gasteiger partial charge in [0.1, 0.15) is 0 Å². The molecule has 108 valence electrons. The Morgan fingerprint density at radius 3 is 2.90 bits per heavy atom. The molecule has 1 atom stereocenters. The van der Waals surface area contributed by atoms with Gasteiger partial charge in [-0.05, 0) is 18.2 Å². The number of rotatable bonds is 3. The molecule has 3 N–H and O–H groups in total. The zero-order valence-corrected chi connectivity index (χ0v) is 13.1. The lowest BCUT2D eigenvalue weighted by molar-refractivity contribution is -0.138. The highest BCUT2D eigenvalue weighted by Crippen LogP contribution is 2.25. The number of nitrogens with two attached hydrogens (primary N) is 1. The predicted octanol–water partition coefficient (Wildman–Crippen LogP) is 2.06. The monoisotopic (exact) mass is 358 g/mol. The molecule has 1 fully saturated rings. The SMILES string of the molecule is Nc1cc(Br)ccc1C(=O)N1CCSCC1CC(=O)O. The van der Waals surface area contributed by atoms with Crippen LogP contribution in [-0.2, 0) is 4.79 Å². The average Bonchev–Trinajstić information content (AvgIpc) is 2.38. The second-order valence-electron chi connectivity index (χ2n) is 4.56. The van der Waals surface area contributed by atoms with Crippen molar-refractivity contribution in [3.8, 4) is 0 Å². The van der Waals surface area contributed by atoms with Crippen LogP contribution in [0.25, 0.3) is 0 Å². The van der Waals surface area contributed by atoms with E-state index < -0.39 is 5.97 Å². The number of carbonyl (C=O) groups is 2. The zero-order chi connectivity index (χ0) is 14.7. The molecule has 1 saturated heterocycles. The Labute approximate surface area is 129 Å². The van der Waals surface area contributed by atoms with E-state index in [-0.39, 0.29) is 18.4 Å². The molecule has 0 aliphatic carbocycles. The first-order valence-electron chi connectivity index (χ1n) is 6.14. The van der Waals surface area contributed by atoms with Crippen molar-refractivity contribution in [2.75, 3.05) is 23.8 Å². The van der Waals surface area contributed by atoms with Crippen LogP contribution in [0.2, 0.25) is 0 Å². The number of anilines is 1. The van der Waals surface area contributed by atoms with Crippen LogP contribution in [-0.4, -0.2) is 46.0 Å². The predicted molar refractivity (Wildman–Crippen MR) is 83.0 cm³/mol. The molecule has 0 bridgehead atoms. The summed E-state index contributed by atoms with van der Waals surface area (Å²) in [5, 5.41) is 8.95. The van der Waals surface area contributed by atoms with E-state index in [9.17, 15) is 9.59 Å². The maximum atomic E-state index is 12.6. The quantitative estimate of drug-likeness (QED) is 0.808. The minimum atomic E-state index is -0.890. The topological polar surface area (TPSA) is 83.6 Å². The van der Waals surface area contributed by atoms with Crippen LogP contribution >= 0.6 is 27.7 Å². The van der Waals surface area contributed by atoms with Crippen molar-refractivity contribution in [2.45, 2.75) is 12.5 Å². The zero-order valence-electron chi connectivity index (χ0n) is 10.7. The van der Waals surface area contributed by atoms with Gasteiger partial charge < -0.3 is 15.7 Å². The third-order valence-corrected chi connectivity index (χ3v) is 4.73. The summed E-state index contributed by atoms with van der Waals surface area (Å²) in [6.07, 6.45) is -0.0326. The van der Waals surface area contributed by atoms with Crippen molar-refractivity contribution in [3.05, 3.63) is 28.2 Å². The Bertz CT molecular complexity index is 538. The molecular weight excluding hydrogens is 344 g/mol. The van der Waals surface area contributed by atoms with Crippen LogP contribution in [0, 0.1) is 0 Å². The first-order chi connectivity index (χ1) is 9.49. The van der Waals surface area contributed by atoms with Crippen molar-refractivity contribution in [1.29, 1.82) is 0 Å². The Kier molecular flexibility index (Phi) is 4.93. The first-order valence-corrected chi connectivity index (χ1v) is 8.09. The molecule has 1 aromatic carbocycles. The number of carbonyl (C=O) groups excluding carboxylic acids is 1. The number of amides is 1. The number of halogens is 1. The summed E-state index contributed by atoms with van der Waals surface area (Å²) < 4.78 is 0.808. The molecule has 1 aliphatic heterocycles. The van der Waals surface area contributed by atoms with Gasteiger partial charge in [-0.15, -0.1) is 0 Å². The second-order valence-corrected chi connectivity index (χ2v) is 6.62. The third kappa shape index (κ3) is 3.46. The Balaban J connectivity index is 2.22. The second kappa shape index (κ2) is 6.49. The molecule has 1 aliphatic rings. The molecule has 1 heterocycles. The highest BCUT2D eigenvalue weighted by atomic mass is 79.9. The van der Waals surface area contributed by atoms with Gasteiger partial charge in [-0.25, -0.2) is 0 Å². The number of carboxylic acid groups (broad SMARTS) is 1. The standard InChI is InChI=1S/C13H15BrN2O3S/c14-8-1-2-10(11(15)5-8)13(19)16-3-4-20-7-9(16)6-12(17)18/h1-2,5,9H,3-4,6-7,15H2,(H,17,18). The van der Waals surface area contributed by atoms with E-state index in [2.05, 4.69) is 15.9 Å². The lowest BCUT2D eigenvalue weighted by atomic mass is 10.1. The van der Waals surface area contributed by atoms with Gasteiger partial charge in [0.05, 0.1) is 18.0 Å². The fourth-order valence-electron chi connectivity index (χ4n) is 2.18. The number of nitrogens with zero attached hydrogens (tertiary/aromatic N) is 1. The molecular formula is C13H15BrN2O3S. The Morgan fingerprint density at radius 1 is 1.50 bits per heavy atom. The molecule has 0 radical (unpaired) electrons. The minimum Gasteiger partial charge on any atom is -0.481 e. The van der Waals surface area contributed by atoms with Gasteiger partial charge in [0.25, 0.3) is 5.91 Å². The third-order valence-electron chi connectivity index (χ3n) is 3.14. The Hall–Kier alpha value is -1.21. The fourth-order valence-corrected chi connectivity index (χ4v) is 3.62. The van der Waals surface area contributed by atoms with Gasteiger partial charge in [0.2, 0.25) is 0 Å². The number of aliphatic carboxylic acids is 1. The van der Waals surface area contributed by atoms with Crippen molar-refractivity contribution >= 4 is 45.3 Å². The van der Waals surface area contributed by atoms with Crippen molar-refractivity contribution in [2.24, 2.45) is 0 Å². The highest BCUT2D eigenvalue weighted by molar-refractivity contribution is 9.10. The molecule has 1 unspecified atom stereocenters. The molecule has 0 spiro atoms. The first kappa shape index (κ1) is 15.2. The molecule has 20 heavy (non-hydrogen) atoms. The number of hydrogen-bond donors (Lipinski definition) is 2. The van der Waals surface area contributed by atoms with Crippen LogP contribution in [0.4, 0.5) is 5.69 Å². The summed E-state index contributed by atoms with van der Waals surface area (Å²) in [6, 6.07) is 4.83. The van der Waals surface area contributed by atoms with Crippen molar-refractivity contribution in [1.82, 2.24) is 4.90 Å². The van der Waals surface area contributed by atoms with Gasteiger partial charge in [-0.2, -0.15) is 11.8 Å². The van der Waals surface area contributed by atoms with E-state index in [1.165, 1.54) is 0 Å².